The number of hydrogen-bond donors (Lipinski definition) is 3. The number of anilines is 1. The van der Waals surface area contributed by atoms with Crippen LogP contribution in [0.25, 0.3) is 0 Å². The summed E-state index contributed by atoms with van der Waals surface area (Å²) in [5, 5.41) is 9.13. The fourth-order valence-corrected chi connectivity index (χ4v) is 2.62. The average Bonchev–Trinajstić information content (AvgIpc) is 2.72. The highest BCUT2D eigenvalue weighted by molar-refractivity contribution is 14.0. The van der Waals surface area contributed by atoms with Crippen LogP contribution in [0.1, 0.15) is 26.0 Å². The fourth-order valence-electron chi connectivity index (χ4n) is 2.62. The highest BCUT2D eigenvalue weighted by Gasteiger charge is 2.07. The Morgan fingerprint density at radius 1 is 1.16 bits per heavy atom. The Bertz CT molecular complexity index is 847. The van der Waals surface area contributed by atoms with Crippen LogP contribution in [-0.2, 0) is 4.79 Å². The molecule has 2 rings (SSSR count). The van der Waals surface area contributed by atoms with E-state index in [-0.39, 0.29) is 36.0 Å². The fraction of sp³-hybridized carbons (Fsp3) is 0.409. The first-order valence-corrected chi connectivity index (χ1v) is 10.1. The van der Waals surface area contributed by atoms with Gasteiger partial charge < -0.3 is 25.4 Å². The number of aryl methyl sites for hydroxylation is 1. The number of carbonyl (C=O) groups is 1. The van der Waals surface area contributed by atoms with Crippen LogP contribution < -0.4 is 25.4 Å². The lowest BCUT2D eigenvalue weighted by atomic mass is 10.3. The Morgan fingerprint density at radius 2 is 1.90 bits per heavy atom. The number of benzene rings is 1. The molecule has 0 saturated heterocycles. The van der Waals surface area contributed by atoms with E-state index in [0.717, 1.165) is 23.7 Å². The van der Waals surface area contributed by atoms with Crippen LogP contribution in [0, 0.1) is 6.92 Å². The van der Waals surface area contributed by atoms with Crippen molar-refractivity contribution in [2.45, 2.75) is 33.3 Å². The number of halogens is 1. The Labute approximate surface area is 201 Å². The zero-order valence-corrected chi connectivity index (χ0v) is 20.8. The van der Waals surface area contributed by atoms with Crippen LogP contribution in [0.3, 0.4) is 0 Å². The van der Waals surface area contributed by atoms with Crippen molar-refractivity contribution in [2.24, 2.45) is 4.99 Å². The molecular weight excluding hydrogens is 509 g/mol. The minimum absolute atomic E-state index is 0. The van der Waals surface area contributed by atoms with Crippen molar-refractivity contribution >= 4 is 41.7 Å². The molecule has 0 radical (unpaired) electrons. The molecule has 0 spiro atoms. The lowest BCUT2D eigenvalue weighted by molar-refractivity contribution is -0.116. The summed E-state index contributed by atoms with van der Waals surface area (Å²) in [4.78, 5) is 20.9. The van der Waals surface area contributed by atoms with Gasteiger partial charge in [0.25, 0.3) is 0 Å². The van der Waals surface area contributed by atoms with Crippen molar-refractivity contribution in [1.29, 1.82) is 0 Å². The highest BCUT2D eigenvalue weighted by Crippen LogP contribution is 2.19. The standard InChI is InChI=1S/C22H31N5O3.HI/c1-5-23-22(24-13-12-21(28)27-20-11-6-8-16(2)26-20)25-15-17(3)30-19-10-7-9-18(14-19)29-4;/h6-11,14,17H,5,12-13,15H2,1-4H3,(H2,23,24,25)(H,26,27,28);1H. The van der Waals surface area contributed by atoms with E-state index in [1.165, 1.54) is 0 Å². The number of nitrogens with one attached hydrogen (secondary N) is 3. The zero-order chi connectivity index (χ0) is 21.8. The molecule has 3 N–H and O–H groups in total. The molecule has 9 heteroatoms. The number of methoxy groups -OCH3 is 1. The van der Waals surface area contributed by atoms with Gasteiger partial charge >= 0.3 is 0 Å². The second-order valence-electron chi connectivity index (χ2n) is 6.72. The summed E-state index contributed by atoms with van der Waals surface area (Å²) in [6.45, 7) is 7.46. The van der Waals surface area contributed by atoms with Gasteiger partial charge in [-0.25, -0.2) is 9.98 Å². The molecular formula is C22H32IN5O3. The maximum atomic E-state index is 12.1. The van der Waals surface area contributed by atoms with Crippen molar-refractivity contribution < 1.29 is 14.3 Å². The van der Waals surface area contributed by atoms with Crippen molar-refractivity contribution in [2.75, 3.05) is 32.1 Å². The lowest BCUT2D eigenvalue weighted by Gasteiger charge is -2.15. The van der Waals surface area contributed by atoms with Gasteiger partial charge in [0.05, 0.1) is 13.7 Å². The molecule has 1 aromatic carbocycles. The van der Waals surface area contributed by atoms with Crippen LogP contribution in [0.15, 0.2) is 47.5 Å². The van der Waals surface area contributed by atoms with E-state index in [4.69, 9.17) is 9.47 Å². The first kappa shape index (κ1) is 26.5. The third-order valence-electron chi connectivity index (χ3n) is 4.03. The quantitative estimate of drug-likeness (QED) is 0.243. The largest absolute Gasteiger partial charge is 0.497 e. The summed E-state index contributed by atoms with van der Waals surface area (Å²) < 4.78 is 11.1. The monoisotopic (exact) mass is 541 g/mol. The molecule has 0 aliphatic carbocycles. The van der Waals surface area contributed by atoms with Gasteiger partial charge in [-0.15, -0.1) is 24.0 Å². The van der Waals surface area contributed by atoms with Crippen molar-refractivity contribution in [1.82, 2.24) is 15.6 Å². The Hall–Kier alpha value is -2.56. The molecule has 31 heavy (non-hydrogen) atoms. The minimum Gasteiger partial charge on any atom is -0.497 e. The minimum atomic E-state index is -0.122. The lowest BCUT2D eigenvalue weighted by Crippen LogP contribution is -2.39. The number of carbonyl (C=O) groups excluding carboxylic acids is 1. The Balaban J connectivity index is 0.00000480. The molecule has 1 aromatic heterocycles. The summed E-state index contributed by atoms with van der Waals surface area (Å²) in [5.74, 6) is 2.57. The van der Waals surface area contributed by atoms with Crippen LogP contribution in [0.5, 0.6) is 11.5 Å². The third-order valence-corrected chi connectivity index (χ3v) is 4.03. The number of rotatable bonds is 10. The van der Waals surface area contributed by atoms with Gasteiger partial charge in [0.15, 0.2) is 5.96 Å². The summed E-state index contributed by atoms with van der Waals surface area (Å²) in [6, 6.07) is 13.0. The van der Waals surface area contributed by atoms with Gasteiger partial charge in [0, 0.05) is 31.3 Å². The third kappa shape index (κ3) is 10.3. The molecule has 0 bridgehead atoms. The van der Waals surface area contributed by atoms with E-state index in [1.54, 1.807) is 13.2 Å². The molecule has 1 unspecified atom stereocenters. The van der Waals surface area contributed by atoms with Gasteiger partial charge in [0.1, 0.15) is 23.4 Å². The summed E-state index contributed by atoms with van der Waals surface area (Å²) in [5.41, 5.74) is 0.859. The molecule has 1 amide bonds. The predicted molar refractivity (Wildman–Crippen MR) is 135 cm³/mol. The SMILES string of the molecule is CCNC(=NCC(C)Oc1cccc(OC)c1)NCCC(=O)Nc1cccc(C)n1.I. The summed E-state index contributed by atoms with van der Waals surface area (Å²) >= 11 is 0. The zero-order valence-electron chi connectivity index (χ0n) is 18.5. The Morgan fingerprint density at radius 3 is 2.61 bits per heavy atom. The van der Waals surface area contributed by atoms with Crippen molar-refractivity contribution in [3.63, 3.8) is 0 Å². The molecule has 0 saturated carbocycles. The van der Waals surface area contributed by atoms with Crippen molar-refractivity contribution in [3.8, 4) is 11.5 Å². The first-order chi connectivity index (χ1) is 14.5. The highest BCUT2D eigenvalue weighted by atomic mass is 127. The Kier molecular flexibility index (Phi) is 12.3. The molecule has 0 aliphatic heterocycles. The van der Waals surface area contributed by atoms with E-state index >= 15 is 0 Å². The number of nitrogens with zero attached hydrogens (tertiary/aromatic N) is 2. The molecule has 1 atom stereocenters. The molecule has 0 aliphatic rings. The molecule has 1 heterocycles. The van der Waals surface area contributed by atoms with E-state index in [2.05, 4.69) is 25.9 Å². The normalized spacial score (nSPS) is 11.7. The molecule has 170 valence electrons. The number of aliphatic imine (C=N–C) groups is 1. The smallest absolute Gasteiger partial charge is 0.227 e. The van der Waals surface area contributed by atoms with Crippen LogP contribution in [-0.4, -0.2) is 49.7 Å². The molecule has 0 fully saturated rings. The molecule has 8 nitrogen and oxygen atoms in total. The molecule has 2 aromatic rings. The topological polar surface area (TPSA) is 96.9 Å². The summed E-state index contributed by atoms with van der Waals surface area (Å²) in [6.07, 6.45) is 0.180. The van der Waals surface area contributed by atoms with Gasteiger partial charge in [-0.1, -0.05) is 12.1 Å². The number of ether oxygens (including phenoxy) is 2. The van der Waals surface area contributed by atoms with Crippen LogP contribution in [0.4, 0.5) is 5.82 Å². The first-order valence-electron chi connectivity index (χ1n) is 10.1. The van der Waals surface area contributed by atoms with Crippen LogP contribution in [0.2, 0.25) is 0 Å². The van der Waals surface area contributed by atoms with Crippen molar-refractivity contribution in [3.05, 3.63) is 48.2 Å². The number of hydrogen-bond acceptors (Lipinski definition) is 5. The van der Waals surface area contributed by atoms with Gasteiger partial charge in [0.2, 0.25) is 5.91 Å². The van der Waals surface area contributed by atoms with E-state index < -0.39 is 0 Å². The number of guanidine groups is 1. The van der Waals surface area contributed by atoms with Gasteiger partial charge in [-0.2, -0.15) is 0 Å². The van der Waals surface area contributed by atoms with E-state index in [0.29, 0.717) is 31.3 Å². The number of aromatic nitrogens is 1. The average molecular weight is 541 g/mol. The second-order valence-corrected chi connectivity index (χ2v) is 6.72. The van der Waals surface area contributed by atoms with Gasteiger partial charge in [-0.3, -0.25) is 4.79 Å². The number of amides is 1. The predicted octanol–water partition coefficient (Wildman–Crippen LogP) is 3.37. The number of pyridine rings is 1. The van der Waals surface area contributed by atoms with E-state index in [1.807, 2.05) is 57.2 Å². The second kappa shape index (κ2) is 14.4. The summed E-state index contributed by atoms with van der Waals surface area (Å²) in [7, 11) is 1.62. The van der Waals surface area contributed by atoms with Crippen LogP contribution >= 0.6 is 24.0 Å². The maximum absolute atomic E-state index is 12.1. The maximum Gasteiger partial charge on any atom is 0.227 e. The van der Waals surface area contributed by atoms with Gasteiger partial charge in [-0.05, 0) is 45.0 Å². The van der Waals surface area contributed by atoms with E-state index in [9.17, 15) is 4.79 Å².